The van der Waals surface area contributed by atoms with Crippen LogP contribution in [0.4, 0.5) is 5.00 Å². The van der Waals surface area contributed by atoms with Crippen LogP contribution in [-0.4, -0.2) is 26.8 Å². The van der Waals surface area contributed by atoms with Crippen molar-refractivity contribution in [2.45, 2.75) is 12.5 Å². The molecule has 150 valence electrons. The standard InChI is InChI=1S/C24H20N2O3S/c1-26-15-17(23-20(26)8-5-9-21(23)27)14-19(24(28)29)25-22-13-12-18(30-22)11-10-16-6-3-2-4-7-16/h2-9,12-13,15,19,25,27H,14H2,1H3,(H,28,29)/t19-/m0/s1. The molecule has 0 fully saturated rings. The number of carboxylic acids is 1. The third-order valence-electron chi connectivity index (χ3n) is 4.82. The van der Waals surface area contributed by atoms with E-state index in [2.05, 4.69) is 17.2 Å². The molecule has 0 saturated carbocycles. The molecule has 4 rings (SSSR count). The number of benzene rings is 2. The van der Waals surface area contributed by atoms with Crippen LogP contribution in [-0.2, 0) is 18.3 Å². The van der Waals surface area contributed by atoms with E-state index < -0.39 is 12.0 Å². The van der Waals surface area contributed by atoms with Gasteiger partial charge in [-0.05, 0) is 42.0 Å². The number of carbonyl (C=O) groups is 1. The Kier molecular flexibility index (Phi) is 5.46. The first kappa shape index (κ1) is 19.6. The summed E-state index contributed by atoms with van der Waals surface area (Å²) < 4.78 is 1.89. The van der Waals surface area contributed by atoms with E-state index in [1.807, 2.05) is 66.3 Å². The van der Waals surface area contributed by atoms with E-state index >= 15 is 0 Å². The zero-order valence-corrected chi connectivity index (χ0v) is 17.1. The zero-order valence-electron chi connectivity index (χ0n) is 16.3. The minimum atomic E-state index is -0.951. The Morgan fingerprint density at radius 3 is 2.67 bits per heavy atom. The zero-order chi connectivity index (χ0) is 21.1. The van der Waals surface area contributed by atoms with Crippen molar-refractivity contribution >= 4 is 33.2 Å². The summed E-state index contributed by atoms with van der Waals surface area (Å²) >= 11 is 1.42. The summed E-state index contributed by atoms with van der Waals surface area (Å²) in [6.45, 7) is 0. The summed E-state index contributed by atoms with van der Waals surface area (Å²) in [5, 5.41) is 24.5. The largest absolute Gasteiger partial charge is 0.507 e. The number of nitrogens with zero attached hydrogens (tertiary/aromatic N) is 1. The van der Waals surface area contributed by atoms with Gasteiger partial charge < -0.3 is 20.1 Å². The van der Waals surface area contributed by atoms with Crippen LogP contribution in [0.5, 0.6) is 5.75 Å². The van der Waals surface area contributed by atoms with Gasteiger partial charge in [-0.3, -0.25) is 0 Å². The minimum absolute atomic E-state index is 0.154. The number of nitrogens with one attached hydrogen (secondary N) is 1. The van der Waals surface area contributed by atoms with Crippen molar-refractivity contribution in [2.75, 3.05) is 5.32 Å². The Morgan fingerprint density at radius 1 is 1.10 bits per heavy atom. The highest BCUT2D eigenvalue weighted by Crippen LogP contribution is 2.31. The van der Waals surface area contributed by atoms with Gasteiger partial charge in [0.25, 0.3) is 0 Å². The van der Waals surface area contributed by atoms with E-state index in [0.29, 0.717) is 5.39 Å². The van der Waals surface area contributed by atoms with Crippen LogP contribution in [0.3, 0.4) is 0 Å². The SMILES string of the molecule is Cn1cc(C[C@H](Nc2ccc(C#Cc3ccccc3)s2)C(=O)O)c2c(O)cccc21. The summed E-state index contributed by atoms with van der Waals surface area (Å²) in [5.74, 6) is 5.42. The van der Waals surface area contributed by atoms with Crippen LogP contribution in [0.25, 0.3) is 10.9 Å². The second-order valence-corrected chi connectivity index (χ2v) is 8.04. The first-order valence-electron chi connectivity index (χ1n) is 9.43. The van der Waals surface area contributed by atoms with Gasteiger partial charge in [-0.15, -0.1) is 11.3 Å². The maximum absolute atomic E-state index is 11.9. The highest BCUT2D eigenvalue weighted by Gasteiger charge is 2.22. The first-order chi connectivity index (χ1) is 14.5. The number of phenolic OH excluding ortho intramolecular Hbond substituents is 1. The van der Waals surface area contributed by atoms with Gasteiger partial charge in [-0.2, -0.15) is 0 Å². The second kappa shape index (κ2) is 8.36. The van der Waals surface area contributed by atoms with Crippen molar-refractivity contribution in [3.05, 3.63) is 82.9 Å². The Labute approximate surface area is 178 Å². The average molecular weight is 417 g/mol. The predicted octanol–water partition coefficient (Wildman–Crippen LogP) is 4.45. The monoisotopic (exact) mass is 416 g/mol. The normalized spacial score (nSPS) is 11.6. The molecule has 0 amide bonds. The van der Waals surface area contributed by atoms with E-state index in [9.17, 15) is 15.0 Å². The number of thiophene rings is 1. The van der Waals surface area contributed by atoms with Gasteiger partial charge in [0.15, 0.2) is 0 Å². The number of hydrogen-bond acceptors (Lipinski definition) is 4. The lowest BCUT2D eigenvalue weighted by molar-refractivity contribution is -0.137. The van der Waals surface area contributed by atoms with Crippen molar-refractivity contribution in [1.29, 1.82) is 0 Å². The van der Waals surface area contributed by atoms with Gasteiger partial charge >= 0.3 is 5.97 Å². The van der Waals surface area contributed by atoms with Crippen molar-refractivity contribution < 1.29 is 15.0 Å². The number of aliphatic carboxylic acids is 1. The maximum Gasteiger partial charge on any atom is 0.326 e. The topological polar surface area (TPSA) is 74.5 Å². The van der Waals surface area contributed by atoms with E-state index in [0.717, 1.165) is 26.5 Å². The summed E-state index contributed by atoms with van der Waals surface area (Å²) in [7, 11) is 1.88. The third kappa shape index (κ3) is 4.17. The lowest BCUT2D eigenvalue weighted by Gasteiger charge is -2.14. The summed E-state index contributed by atoms with van der Waals surface area (Å²) in [5.41, 5.74) is 2.58. The Hall–Kier alpha value is -3.69. The van der Waals surface area contributed by atoms with Gasteiger partial charge in [0.05, 0.1) is 15.4 Å². The molecular weight excluding hydrogens is 396 g/mol. The molecular formula is C24H20N2O3S. The van der Waals surface area contributed by atoms with Crippen LogP contribution < -0.4 is 5.32 Å². The Morgan fingerprint density at radius 2 is 1.90 bits per heavy atom. The van der Waals surface area contributed by atoms with E-state index in [-0.39, 0.29) is 12.2 Å². The van der Waals surface area contributed by atoms with Crippen molar-refractivity contribution in [1.82, 2.24) is 4.57 Å². The van der Waals surface area contributed by atoms with Crippen LogP contribution in [0.2, 0.25) is 0 Å². The third-order valence-corrected chi connectivity index (χ3v) is 5.75. The number of aromatic nitrogens is 1. The molecule has 0 bridgehead atoms. The average Bonchev–Trinajstić information content (AvgIpc) is 3.32. The quantitative estimate of drug-likeness (QED) is 0.420. The number of phenols is 1. The molecule has 2 aromatic heterocycles. The molecule has 0 unspecified atom stereocenters. The number of hydrogen-bond donors (Lipinski definition) is 3. The van der Waals surface area contributed by atoms with E-state index in [4.69, 9.17) is 0 Å². The highest BCUT2D eigenvalue weighted by molar-refractivity contribution is 7.16. The van der Waals surface area contributed by atoms with Crippen LogP contribution in [0, 0.1) is 11.8 Å². The summed E-state index contributed by atoms with van der Waals surface area (Å²) in [6.07, 6.45) is 2.11. The first-order valence-corrected chi connectivity index (χ1v) is 10.2. The summed E-state index contributed by atoms with van der Waals surface area (Å²) in [4.78, 5) is 12.8. The lowest BCUT2D eigenvalue weighted by Crippen LogP contribution is -2.31. The van der Waals surface area contributed by atoms with Crippen molar-refractivity contribution in [3.63, 3.8) is 0 Å². The van der Waals surface area contributed by atoms with Crippen LogP contribution in [0.15, 0.2) is 66.9 Å². The predicted molar refractivity (Wildman–Crippen MR) is 120 cm³/mol. The molecule has 30 heavy (non-hydrogen) atoms. The number of fused-ring (bicyclic) bond motifs is 1. The molecule has 2 aromatic carbocycles. The molecule has 0 spiro atoms. The van der Waals surface area contributed by atoms with Crippen LogP contribution in [0.1, 0.15) is 16.0 Å². The van der Waals surface area contributed by atoms with Crippen LogP contribution >= 0.6 is 11.3 Å². The molecule has 0 aliphatic heterocycles. The molecule has 1 atom stereocenters. The number of aromatic hydroxyl groups is 1. The van der Waals surface area contributed by atoms with Crippen molar-refractivity contribution in [3.8, 4) is 17.6 Å². The fourth-order valence-electron chi connectivity index (χ4n) is 3.40. The Balaban J connectivity index is 1.54. The van der Waals surface area contributed by atoms with E-state index in [1.165, 1.54) is 11.3 Å². The maximum atomic E-state index is 11.9. The molecule has 3 N–H and O–H groups in total. The molecule has 0 radical (unpaired) electrons. The van der Waals surface area contributed by atoms with Gasteiger partial charge in [0.1, 0.15) is 11.8 Å². The smallest absolute Gasteiger partial charge is 0.326 e. The van der Waals surface area contributed by atoms with Gasteiger partial charge in [-0.1, -0.05) is 36.1 Å². The molecule has 0 saturated heterocycles. The van der Waals surface area contributed by atoms with Gasteiger partial charge in [-0.25, -0.2) is 4.79 Å². The van der Waals surface area contributed by atoms with Gasteiger partial charge in [0, 0.05) is 30.6 Å². The lowest BCUT2D eigenvalue weighted by atomic mass is 10.0. The molecule has 2 heterocycles. The molecule has 0 aliphatic rings. The fraction of sp³-hybridized carbons (Fsp3) is 0.125. The van der Waals surface area contributed by atoms with E-state index in [1.54, 1.807) is 12.1 Å². The number of rotatable bonds is 5. The van der Waals surface area contributed by atoms with Crippen molar-refractivity contribution in [2.24, 2.45) is 7.05 Å². The second-order valence-electron chi connectivity index (χ2n) is 6.96. The number of aryl methyl sites for hydroxylation is 1. The number of anilines is 1. The highest BCUT2D eigenvalue weighted by atomic mass is 32.1. The fourth-order valence-corrected chi connectivity index (χ4v) is 4.22. The Bertz CT molecular complexity index is 1260. The molecule has 6 heteroatoms. The molecule has 5 nitrogen and oxygen atoms in total. The summed E-state index contributed by atoms with van der Waals surface area (Å²) in [6, 6.07) is 17.9. The minimum Gasteiger partial charge on any atom is -0.507 e. The number of carboxylic acid groups (broad SMARTS) is 1. The molecule has 0 aliphatic carbocycles. The molecule has 4 aromatic rings. The van der Waals surface area contributed by atoms with Gasteiger partial charge in [0.2, 0.25) is 0 Å².